The average Bonchev–Trinajstić information content (AvgIpc) is 3.09. The average molecular weight is 246 g/mol. The third-order valence-electron chi connectivity index (χ3n) is 3.01. The highest BCUT2D eigenvalue weighted by atomic mass is 16.2. The standard InChI is InChI=1S/C14H18N2O2/c1-10-4-3-5-12(8-10)15-14(18)9-16(11(2)17)13-6-7-13/h3-5,8,13H,6-7,9H2,1-2H3,(H,15,18). The summed E-state index contributed by atoms with van der Waals surface area (Å²) in [5, 5.41) is 2.82. The van der Waals surface area contributed by atoms with Crippen molar-refractivity contribution in [1.29, 1.82) is 0 Å². The maximum atomic E-state index is 11.9. The summed E-state index contributed by atoms with van der Waals surface area (Å²) in [6.07, 6.45) is 2.02. The lowest BCUT2D eigenvalue weighted by atomic mass is 10.2. The van der Waals surface area contributed by atoms with Crippen molar-refractivity contribution in [3.8, 4) is 0 Å². The zero-order valence-electron chi connectivity index (χ0n) is 10.8. The molecule has 4 nitrogen and oxygen atoms in total. The van der Waals surface area contributed by atoms with Gasteiger partial charge in [0.15, 0.2) is 0 Å². The fourth-order valence-corrected chi connectivity index (χ4v) is 1.96. The second-order valence-corrected chi connectivity index (χ2v) is 4.80. The Morgan fingerprint density at radius 1 is 1.39 bits per heavy atom. The fourth-order valence-electron chi connectivity index (χ4n) is 1.96. The maximum absolute atomic E-state index is 11.9. The molecule has 0 unspecified atom stereocenters. The SMILES string of the molecule is CC(=O)N(CC(=O)Nc1cccc(C)c1)C1CC1. The van der Waals surface area contributed by atoms with Gasteiger partial charge in [-0.1, -0.05) is 12.1 Å². The van der Waals surface area contributed by atoms with E-state index in [1.165, 1.54) is 6.92 Å². The predicted octanol–water partition coefficient (Wildman–Crippen LogP) is 1.94. The van der Waals surface area contributed by atoms with Gasteiger partial charge in [-0.25, -0.2) is 0 Å². The summed E-state index contributed by atoms with van der Waals surface area (Å²) < 4.78 is 0. The Morgan fingerprint density at radius 2 is 2.11 bits per heavy atom. The Labute approximate surface area is 107 Å². The van der Waals surface area contributed by atoms with Crippen molar-refractivity contribution in [2.24, 2.45) is 0 Å². The van der Waals surface area contributed by atoms with Crippen LogP contribution in [0, 0.1) is 6.92 Å². The summed E-state index contributed by atoms with van der Waals surface area (Å²) >= 11 is 0. The van der Waals surface area contributed by atoms with E-state index in [4.69, 9.17) is 0 Å². The molecule has 0 saturated heterocycles. The first-order valence-electron chi connectivity index (χ1n) is 6.20. The van der Waals surface area contributed by atoms with E-state index in [0.29, 0.717) is 0 Å². The molecule has 1 aromatic carbocycles. The van der Waals surface area contributed by atoms with Crippen LogP contribution in [-0.2, 0) is 9.59 Å². The fraction of sp³-hybridized carbons (Fsp3) is 0.429. The topological polar surface area (TPSA) is 49.4 Å². The van der Waals surface area contributed by atoms with Gasteiger partial charge in [0.25, 0.3) is 0 Å². The highest BCUT2D eigenvalue weighted by molar-refractivity contribution is 5.94. The second kappa shape index (κ2) is 5.21. The van der Waals surface area contributed by atoms with Gasteiger partial charge in [-0.2, -0.15) is 0 Å². The molecule has 1 saturated carbocycles. The molecule has 2 amide bonds. The number of hydrogen-bond donors (Lipinski definition) is 1. The highest BCUT2D eigenvalue weighted by Gasteiger charge is 2.31. The smallest absolute Gasteiger partial charge is 0.244 e. The van der Waals surface area contributed by atoms with Crippen LogP contribution in [0.4, 0.5) is 5.69 Å². The first-order valence-corrected chi connectivity index (χ1v) is 6.20. The van der Waals surface area contributed by atoms with E-state index in [2.05, 4.69) is 5.32 Å². The zero-order chi connectivity index (χ0) is 13.1. The molecule has 1 aliphatic carbocycles. The molecule has 4 heteroatoms. The molecule has 0 bridgehead atoms. The normalized spacial score (nSPS) is 14.1. The predicted molar refractivity (Wildman–Crippen MR) is 70.2 cm³/mol. The number of nitrogens with one attached hydrogen (secondary N) is 1. The Hall–Kier alpha value is -1.84. The molecule has 18 heavy (non-hydrogen) atoms. The second-order valence-electron chi connectivity index (χ2n) is 4.80. The van der Waals surface area contributed by atoms with Crippen LogP contribution in [0.3, 0.4) is 0 Å². The molecule has 1 aromatic rings. The monoisotopic (exact) mass is 246 g/mol. The summed E-state index contributed by atoms with van der Waals surface area (Å²) in [6.45, 7) is 3.63. The van der Waals surface area contributed by atoms with Crippen molar-refractivity contribution in [1.82, 2.24) is 4.90 Å². The van der Waals surface area contributed by atoms with Crippen molar-refractivity contribution < 1.29 is 9.59 Å². The van der Waals surface area contributed by atoms with Gasteiger partial charge in [0.05, 0.1) is 0 Å². The number of anilines is 1. The number of hydrogen-bond acceptors (Lipinski definition) is 2. The number of carbonyl (C=O) groups excluding carboxylic acids is 2. The van der Waals surface area contributed by atoms with Gasteiger partial charge in [-0.3, -0.25) is 9.59 Å². The van der Waals surface area contributed by atoms with Gasteiger partial charge in [0.2, 0.25) is 11.8 Å². The lowest BCUT2D eigenvalue weighted by Crippen LogP contribution is -2.38. The molecule has 0 aliphatic heterocycles. The Kier molecular flexibility index (Phi) is 3.65. The van der Waals surface area contributed by atoms with E-state index in [1.54, 1.807) is 4.90 Å². The van der Waals surface area contributed by atoms with Crippen LogP contribution in [0.25, 0.3) is 0 Å². The van der Waals surface area contributed by atoms with Crippen LogP contribution >= 0.6 is 0 Å². The first-order chi connectivity index (χ1) is 8.56. The Bertz CT molecular complexity index is 467. The van der Waals surface area contributed by atoms with Crippen molar-refractivity contribution in [2.75, 3.05) is 11.9 Å². The van der Waals surface area contributed by atoms with Crippen molar-refractivity contribution >= 4 is 17.5 Å². The minimum absolute atomic E-state index is 0.0307. The molecule has 0 aromatic heterocycles. The van der Waals surface area contributed by atoms with E-state index in [9.17, 15) is 9.59 Å². The Balaban J connectivity index is 1.93. The summed E-state index contributed by atoms with van der Waals surface area (Å²) in [7, 11) is 0. The van der Waals surface area contributed by atoms with Gasteiger partial charge >= 0.3 is 0 Å². The van der Waals surface area contributed by atoms with Crippen LogP contribution in [0.1, 0.15) is 25.3 Å². The third-order valence-corrected chi connectivity index (χ3v) is 3.01. The van der Waals surface area contributed by atoms with Gasteiger partial charge in [0.1, 0.15) is 6.54 Å². The van der Waals surface area contributed by atoms with Crippen LogP contribution in [-0.4, -0.2) is 29.3 Å². The lowest BCUT2D eigenvalue weighted by molar-refractivity contribution is -0.133. The molecule has 96 valence electrons. The number of carbonyl (C=O) groups is 2. The minimum Gasteiger partial charge on any atom is -0.331 e. The van der Waals surface area contributed by atoms with E-state index < -0.39 is 0 Å². The molecule has 1 N–H and O–H groups in total. The van der Waals surface area contributed by atoms with Gasteiger partial charge in [0, 0.05) is 18.7 Å². The summed E-state index contributed by atoms with van der Waals surface area (Å²) in [5.41, 5.74) is 1.87. The first kappa shape index (κ1) is 12.6. The molecular formula is C14H18N2O2. The van der Waals surface area contributed by atoms with E-state index in [0.717, 1.165) is 24.1 Å². The molecule has 1 fully saturated rings. The van der Waals surface area contributed by atoms with E-state index >= 15 is 0 Å². The molecule has 0 atom stereocenters. The third kappa shape index (κ3) is 3.32. The van der Waals surface area contributed by atoms with Gasteiger partial charge in [-0.15, -0.1) is 0 Å². The number of amides is 2. The maximum Gasteiger partial charge on any atom is 0.244 e. The minimum atomic E-state index is -0.136. The van der Waals surface area contributed by atoms with Crippen LogP contribution in [0.2, 0.25) is 0 Å². The summed E-state index contributed by atoms with van der Waals surface area (Å²) in [4.78, 5) is 24.9. The number of benzene rings is 1. The molecule has 0 spiro atoms. The largest absolute Gasteiger partial charge is 0.331 e. The molecule has 1 aliphatic rings. The van der Waals surface area contributed by atoms with Gasteiger partial charge < -0.3 is 10.2 Å². The van der Waals surface area contributed by atoms with Gasteiger partial charge in [-0.05, 0) is 37.5 Å². The number of aryl methyl sites for hydroxylation is 1. The van der Waals surface area contributed by atoms with E-state index in [1.807, 2.05) is 31.2 Å². The molecule has 0 heterocycles. The lowest BCUT2D eigenvalue weighted by Gasteiger charge is -2.19. The number of nitrogens with zero attached hydrogens (tertiary/aromatic N) is 1. The Morgan fingerprint density at radius 3 is 2.67 bits per heavy atom. The zero-order valence-corrected chi connectivity index (χ0v) is 10.8. The molecular weight excluding hydrogens is 228 g/mol. The molecule has 2 rings (SSSR count). The number of rotatable bonds is 4. The van der Waals surface area contributed by atoms with Crippen LogP contribution in [0.15, 0.2) is 24.3 Å². The summed E-state index contributed by atoms with van der Waals surface area (Å²) in [6, 6.07) is 7.90. The molecule has 0 radical (unpaired) electrons. The van der Waals surface area contributed by atoms with E-state index in [-0.39, 0.29) is 24.4 Å². The quantitative estimate of drug-likeness (QED) is 0.882. The van der Waals surface area contributed by atoms with Crippen LogP contribution < -0.4 is 5.32 Å². The van der Waals surface area contributed by atoms with Crippen molar-refractivity contribution in [2.45, 2.75) is 32.7 Å². The van der Waals surface area contributed by atoms with Crippen molar-refractivity contribution in [3.05, 3.63) is 29.8 Å². The summed E-state index contributed by atoms with van der Waals surface area (Å²) in [5.74, 6) is -0.167. The highest BCUT2D eigenvalue weighted by Crippen LogP contribution is 2.26. The van der Waals surface area contributed by atoms with Crippen LogP contribution in [0.5, 0.6) is 0 Å². The van der Waals surface area contributed by atoms with Crippen molar-refractivity contribution in [3.63, 3.8) is 0 Å².